The molecule has 7 nitrogen and oxygen atoms in total. The van der Waals surface area contributed by atoms with Crippen LogP contribution in [0.1, 0.15) is 30.8 Å². The monoisotopic (exact) mass is 379 g/mol. The number of benzene rings is 1. The van der Waals surface area contributed by atoms with Gasteiger partial charge in [0.2, 0.25) is 10.0 Å². The van der Waals surface area contributed by atoms with Crippen LogP contribution in [-0.4, -0.2) is 35.3 Å². The number of rotatable bonds is 8. The lowest BCUT2D eigenvalue weighted by atomic mass is 10.1. The molecule has 1 aromatic heterocycles. The Labute approximate surface area is 154 Å². The smallest absolute Gasteiger partial charge is 0.322 e. The van der Waals surface area contributed by atoms with Crippen LogP contribution >= 0.6 is 0 Å². The maximum Gasteiger partial charge on any atom is 0.322 e. The Kier molecular flexibility index (Phi) is 6.20. The van der Waals surface area contributed by atoms with Crippen LogP contribution in [0.5, 0.6) is 0 Å². The average molecular weight is 379 g/mol. The molecule has 0 fully saturated rings. The Morgan fingerprint density at radius 2 is 1.85 bits per heavy atom. The van der Waals surface area contributed by atoms with E-state index in [0.717, 1.165) is 5.56 Å². The molecule has 142 valence electrons. The van der Waals surface area contributed by atoms with Crippen LogP contribution in [0, 0.1) is 19.8 Å². The summed E-state index contributed by atoms with van der Waals surface area (Å²) >= 11 is 0. The molecule has 0 saturated heterocycles. The van der Waals surface area contributed by atoms with Crippen molar-refractivity contribution >= 4 is 16.0 Å². The molecule has 1 heterocycles. The van der Waals surface area contributed by atoms with Crippen molar-refractivity contribution in [2.75, 3.05) is 0 Å². The fourth-order valence-corrected chi connectivity index (χ4v) is 4.47. The van der Waals surface area contributed by atoms with Crippen LogP contribution in [0.3, 0.4) is 0 Å². The first-order valence-corrected chi connectivity index (χ1v) is 9.93. The molecule has 1 aromatic carbocycles. The van der Waals surface area contributed by atoms with Gasteiger partial charge in [0.25, 0.3) is 0 Å². The van der Waals surface area contributed by atoms with Crippen molar-refractivity contribution in [3.8, 4) is 0 Å². The van der Waals surface area contributed by atoms with Crippen molar-refractivity contribution in [1.82, 2.24) is 14.5 Å². The molecule has 0 aliphatic rings. The highest BCUT2D eigenvalue weighted by Gasteiger charge is 2.30. The van der Waals surface area contributed by atoms with Crippen LogP contribution < -0.4 is 4.72 Å². The van der Waals surface area contributed by atoms with Crippen LogP contribution in [0.15, 0.2) is 35.2 Å². The molecule has 0 bridgehead atoms. The molecule has 0 spiro atoms. The van der Waals surface area contributed by atoms with E-state index in [0.29, 0.717) is 23.9 Å². The van der Waals surface area contributed by atoms with Crippen molar-refractivity contribution in [3.05, 3.63) is 47.3 Å². The van der Waals surface area contributed by atoms with Crippen molar-refractivity contribution < 1.29 is 18.3 Å². The van der Waals surface area contributed by atoms with Crippen molar-refractivity contribution in [3.63, 3.8) is 0 Å². The first-order chi connectivity index (χ1) is 12.1. The second-order valence-corrected chi connectivity index (χ2v) is 8.43. The summed E-state index contributed by atoms with van der Waals surface area (Å²) in [7, 11) is -4.02. The Balaban J connectivity index is 2.31. The number of nitrogens with zero attached hydrogens (tertiary/aromatic N) is 2. The largest absolute Gasteiger partial charge is 0.480 e. The predicted molar refractivity (Wildman–Crippen MR) is 98.4 cm³/mol. The Morgan fingerprint density at radius 3 is 2.38 bits per heavy atom. The van der Waals surface area contributed by atoms with Gasteiger partial charge in [-0.1, -0.05) is 44.2 Å². The molecule has 0 radical (unpaired) electrons. The SMILES string of the molecule is Cc1nn(CC(C)C)c(C)c1S(=O)(=O)N[C@@H](Cc1ccccc1)C(=O)O. The second-order valence-electron chi connectivity index (χ2n) is 6.78. The van der Waals surface area contributed by atoms with Gasteiger partial charge >= 0.3 is 5.97 Å². The number of carboxylic acid groups (broad SMARTS) is 1. The van der Waals surface area contributed by atoms with Crippen LogP contribution in [0.25, 0.3) is 0 Å². The zero-order valence-corrected chi connectivity index (χ0v) is 16.2. The van der Waals surface area contributed by atoms with E-state index in [4.69, 9.17) is 0 Å². The Bertz CT molecular complexity index is 873. The first-order valence-electron chi connectivity index (χ1n) is 8.45. The maximum absolute atomic E-state index is 12.9. The molecule has 0 aliphatic heterocycles. The quantitative estimate of drug-likeness (QED) is 0.732. The topological polar surface area (TPSA) is 101 Å². The van der Waals surface area contributed by atoms with E-state index >= 15 is 0 Å². The minimum atomic E-state index is -4.02. The molecule has 8 heteroatoms. The number of hydrogen-bond acceptors (Lipinski definition) is 4. The van der Waals surface area contributed by atoms with Gasteiger partial charge in [-0.25, -0.2) is 8.42 Å². The number of nitrogens with one attached hydrogen (secondary N) is 1. The number of hydrogen-bond donors (Lipinski definition) is 2. The Hall–Kier alpha value is -2.19. The lowest BCUT2D eigenvalue weighted by Crippen LogP contribution is -2.42. The zero-order valence-electron chi connectivity index (χ0n) is 15.4. The van der Waals surface area contributed by atoms with E-state index in [1.165, 1.54) is 0 Å². The third-order valence-corrected chi connectivity index (χ3v) is 5.72. The zero-order chi connectivity index (χ0) is 19.5. The summed E-state index contributed by atoms with van der Waals surface area (Å²) in [4.78, 5) is 11.6. The summed E-state index contributed by atoms with van der Waals surface area (Å²) in [5.41, 5.74) is 1.61. The second kappa shape index (κ2) is 8.01. The van der Waals surface area contributed by atoms with Crippen LogP contribution in [0.2, 0.25) is 0 Å². The van der Waals surface area contributed by atoms with E-state index in [-0.39, 0.29) is 11.3 Å². The van der Waals surface area contributed by atoms with E-state index in [1.807, 2.05) is 19.9 Å². The molecule has 1 atom stereocenters. The van der Waals surface area contributed by atoms with E-state index in [2.05, 4.69) is 9.82 Å². The predicted octanol–water partition coefficient (Wildman–Crippen LogP) is 2.13. The van der Waals surface area contributed by atoms with Crippen molar-refractivity contribution in [2.45, 2.75) is 51.6 Å². The molecule has 0 amide bonds. The van der Waals surface area contributed by atoms with Gasteiger partial charge in [-0.3, -0.25) is 9.48 Å². The summed E-state index contributed by atoms with van der Waals surface area (Å²) in [5.74, 6) is -0.913. The summed E-state index contributed by atoms with van der Waals surface area (Å²) in [5, 5.41) is 13.8. The molecule has 2 rings (SSSR count). The number of aliphatic carboxylic acids is 1. The summed E-state index contributed by atoms with van der Waals surface area (Å²) in [6, 6.07) is 7.66. The molecule has 0 saturated carbocycles. The van der Waals surface area contributed by atoms with E-state index in [9.17, 15) is 18.3 Å². The highest BCUT2D eigenvalue weighted by molar-refractivity contribution is 7.89. The fourth-order valence-electron chi connectivity index (χ4n) is 2.87. The molecule has 0 aliphatic carbocycles. The standard InChI is InChI=1S/C18H25N3O4S/c1-12(2)11-21-14(4)17(13(3)19-21)26(24,25)20-16(18(22)23)10-15-8-6-5-7-9-15/h5-9,12,16,20H,10-11H2,1-4H3,(H,22,23)/t16-/m0/s1. The van der Waals surface area contributed by atoms with Crippen molar-refractivity contribution in [1.29, 1.82) is 0 Å². The van der Waals surface area contributed by atoms with Gasteiger partial charge in [-0.05, 0) is 31.7 Å². The van der Waals surface area contributed by atoms with Gasteiger partial charge in [-0.2, -0.15) is 9.82 Å². The summed E-state index contributed by atoms with van der Waals surface area (Å²) < 4.78 is 29.7. The van der Waals surface area contributed by atoms with Gasteiger partial charge in [0, 0.05) is 6.54 Å². The van der Waals surface area contributed by atoms with Crippen LogP contribution in [0.4, 0.5) is 0 Å². The minimum Gasteiger partial charge on any atom is -0.480 e. The third kappa shape index (κ3) is 4.70. The lowest BCUT2D eigenvalue weighted by molar-refractivity contribution is -0.138. The Morgan fingerprint density at radius 1 is 1.23 bits per heavy atom. The lowest BCUT2D eigenvalue weighted by Gasteiger charge is -2.15. The minimum absolute atomic E-state index is 0.0532. The molecular formula is C18H25N3O4S. The van der Waals surface area contributed by atoms with Gasteiger partial charge in [0.05, 0.1) is 11.4 Å². The van der Waals surface area contributed by atoms with E-state index < -0.39 is 22.0 Å². The van der Waals surface area contributed by atoms with Crippen molar-refractivity contribution in [2.24, 2.45) is 5.92 Å². The summed E-state index contributed by atoms with van der Waals surface area (Å²) in [6.45, 7) is 7.93. The molecule has 0 unspecified atom stereocenters. The van der Waals surface area contributed by atoms with Gasteiger partial charge in [0.15, 0.2) is 0 Å². The van der Waals surface area contributed by atoms with E-state index in [1.54, 1.807) is 42.8 Å². The molecular weight excluding hydrogens is 354 g/mol. The number of carboxylic acids is 1. The molecule has 26 heavy (non-hydrogen) atoms. The average Bonchev–Trinajstić information content (AvgIpc) is 2.81. The summed E-state index contributed by atoms with van der Waals surface area (Å²) in [6.07, 6.45) is 0.0631. The van der Waals surface area contributed by atoms with Gasteiger partial charge in [0.1, 0.15) is 10.9 Å². The third-order valence-electron chi connectivity index (χ3n) is 4.00. The normalized spacial score (nSPS) is 13.1. The number of sulfonamides is 1. The molecule has 2 N–H and O–H groups in total. The maximum atomic E-state index is 12.9. The van der Waals surface area contributed by atoms with Crippen LogP contribution in [-0.2, 0) is 27.8 Å². The number of aromatic nitrogens is 2. The fraction of sp³-hybridized carbons (Fsp3) is 0.444. The highest BCUT2D eigenvalue weighted by Crippen LogP contribution is 2.21. The molecule has 2 aromatic rings. The number of carbonyl (C=O) groups is 1. The first kappa shape index (κ1) is 20.1. The van der Waals surface area contributed by atoms with Gasteiger partial charge in [-0.15, -0.1) is 0 Å². The van der Waals surface area contributed by atoms with Gasteiger partial charge < -0.3 is 5.11 Å². The highest BCUT2D eigenvalue weighted by atomic mass is 32.2. The number of aryl methyl sites for hydroxylation is 1.